The summed E-state index contributed by atoms with van der Waals surface area (Å²) in [5, 5.41) is 0. The van der Waals surface area contributed by atoms with E-state index in [2.05, 4.69) is 19.9 Å². The van der Waals surface area contributed by atoms with E-state index in [0.29, 0.717) is 6.42 Å². The largest absolute Gasteiger partial charge is 0.469 e. The van der Waals surface area contributed by atoms with Crippen LogP contribution in [-0.2, 0) is 9.53 Å². The third kappa shape index (κ3) is 2.86. The van der Waals surface area contributed by atoms with Gasteiger partial charge in [0.25, 0.3) is 0 Å². The molecule has 0 fully saturated rings. The summed E-state index contributed by atoms with van der Waals surface area (Å²) in [6, 6.07) is 0. The number of rotatable bonds is 3. The molecule has 0 aromatic heterocycles. The first-order valence-corrected chi connectivity index (χ1v) is 5.32. The molecule has 0 unspecified atom stereocenters. The van der Waals surface area contributed by atoms with Gasteiger partial charge in [-0.15, -0.1) is 0 Å². The molecule has 14 heavy (non-hydrogen) atoms. The summed E-state index contributed by atoms with van der Waals surface area (Å²) in [6.07, 6.45) is 7.65. The highest BCUT2D eigenvalue weighted by atomic mass is 16.5. The van der Waals surface area contributed by atoms with Gasteiger partial charge in [0.1, 0.15) is 0 Å². The minimum Gasteiger partial charge on any atom is -0.469 e. The molecule has 1 aliphatic carbocycles. The monoisotopic (exact) mass is 196 g/mol. The molecular weight excluding hydrogens is 176 g/mol. The predicted octanol–water partition coefficient (Wildman–Crippen LogP) is 3.08. The van der Waals surface area contributed by atoms with E-state index in [0.717, 1.165) is 6.42 Å². The fourth-order valence-electron chi connectivity index (χ4n) is 2.00. The zero-order valence-corrected chi connectivity index (χ0v) is 9.43. The van der Waals surface area contributed by atoms with Crippen molar-refractivity contribution in [1.29, 1.82) is 0 Å². The maximum Gasteiger partial charge on any atom is 0.306 e. The Morgan fingerprint density at radius 3 is 2.71 bits per heavy atom. The van der Waals surface area contributed by atoms with Crippen molar-refractivity contribution < 1.29 is 9.53 Å². The van der Waals surface area contributed by atoms with E-state index in [1.54, 1.807) is 0 Å². The molecule has 1 rings (SSSR count). The molecule has 0 amide bonds. The van der Waals surface area contributed by atoms with Crippen LogP contribution in [0.5, 0.6) is 0 Å². The first-order chi connectivity index (χ1) is 6.56. The minimum absolute atomic E-state index is 0.0203. The summed E-state index contributed by atoms with van der Waals surface area (Å²) in [6.45, 7) is 4.25. The van der Waals surface area contributed by atoms with E-state index < -0.39 is 0 Å². The molecule has 0 spiro atoms. The Kier molecular flexibility index (Phi) is 3.73. The SMILES string of the molecule is COC(=O)CC(C)(C)C1=CCCCC1. The lowest BCUT2D eigenvalue weighted by Crippen LogP contribution is -2.21. The van der Waals surface area contributed by atoms with Crippen molar-refractivity contribution >= 4 is 5.97 Å². The molecule has 0 aliphatic heterocycles. The van der Waals surface area contributed by atoms with Crippen LogP contribution < -0.4 is 0 Å². The van der Waals surface area contributed by atoms with Gasteiger partial charge in [-0.1, -0.05) is 25.5 Å². The van der Waals surface area contributed by atoms with Gasteiger partial charge >= 0.3 is 5.97 Å². The number of hydrogen-bond acceptors (Lipinski definition) is 2. The van der Waals surface area contributed by atoms with E-state index >= 15 is 0 Å². The molecule has 2 nitrogen and oxygen atoms in total. The molecule has 0 N–H and O–H groups in total. The number of ether oxygens (including phenoxy) is 1. The fourth-order valence-corrected chi connectivity index (χ4v) is 2.00. The molecular formula is C12H20O2. The van der Waals surface area contributed by atoms with E-state index in [9.17, 15) is 4.79 Å². The van der Waals surface area contributed by atoms with Crippen LogP contribution in [0.1, 0.15) is 46.0 Å². The number of allylic oxidation sites excluding steroid dienone is 2. The Morgan fingerprint density at radius 2 is 2.21 bits per heavy atom. The Hall–Kier alpha value is -0.790. The van der Waals surface area contributed by atoms with Crippen LogP contribution in [0.3, 0.4) is 0 Å². The lowest BCUT2D eigenvalue weighted by Gasteiger charge is -2.29. The molecule has 0 bridgehead atoms. The summed E-state index contributed by atoms with van der Waals surface area (Å²) in [4.78, 5) is 11.2. The molecule has 0 saturated heterocycles. The molecule has 1 aliphatic rings. The van der Waals surface area contributed by atoms with Gasteiger partial charge in [-0.25, -0.2) is 0 Å². The van der Waals surface area contributed by atoms with Crippen LogP contribution in [0.15, 0.2) is 11.6 Å². The third-order valence-corrected chi connectivity index (χ3v) is 2.97. The van der Waals surface area contributed by atoms with Gasteiger partial charge in [-0.3, -0.25) is 4.79 Å². The van der Waals surface area contributed by atoms with Crippen molar-refractivity contribution in [2.75, 3.05) is 7.11 Å². The van der Waals surface area contributed by atoms with Gasteiger partial charge in [0.05, 0.1) is 13.5 Å². The smallest absolute Gasteiger partial charge is 0.306 e. The number of carbonyl (C=O) groups excluding carboxylic acids is 1. The summed E-state index contributed by atoms with van der Waals surface area (Å²) >= 11 is 0. The second-order valence-corrected chi connectivity index (χ2v) is 4.61. The topological polar surface area (TPSA) is 26.3 Å². The lowest BCUT2D eigenvalue weighted by molar-refractivity contribution is -0.142. The summed E-state index contributed by atoms with van der Waals surface area (Å²) in [5.74, 6) is -0.110. The first-order valence-electron chi connectivity index (χ1n) is 5.32. The molecule has 0 saturated carbocycles. The average molecular weight is 196 g/mol. The molecule has 2 heteroatoms. The van der Waals surface area contributed by atoms with Crippen molar-refractivity contribution in [2.24, 2.45) is 5.41 Å². The van der Waals surface area contributed by atoms with E-state index in [4.69, 9.17) is 4.74 Å². The van der Waals surface area contributed by atoms with E-state index in [-0.39, 0.29) is 11.4 Å². The Bertz CT molecular complexity index is 239. The Morgan fingerprint density at radius 1 is 1.50 bits per heavy atom. The zero-order valence-electron chi connectivity index (χ0n) is 9.43. The minimum atomic E-state index is -0.110. The van der Waals surface area contributed by atoms with Crippen LogP contribution >= 0.6 is 0 Å². The molecule has 0 radical (unpaired) electrons. The quantitative estimate of drug-likeness (QED) is 0.512. The normalized spacial score (nSPS) is 17.5. The number of hydrogen-bond donors (Lipinski definition) is 0. The van der Waals surface area contributed by atoms with Crippen molar-refractivity contribution in [2.45, 2.75) is 46.0 Å². The van der Waals surface area contributed by atoms with Crippen molar-refractivity contribution in [3.63, 3.8) is 0 Å². The molecule has 0 atom stereocenters. The molecule has 0 aromatic carbocycles. The maximum atomic E-state index is 11.2. The van der Waals surface area contributed by atoms with Gasteiger partial charge in [0, 0.05) is 0 Å². The van der Waals surface area contributed by atoms with Crippen LogP contribution in [0, 0.1) is 5.41 Å². The molecule has 0 heterocycles. The highest BCUT2D eigenvalue weighted by Gasteiger charge is 2.27. The maximum absolute atomic E-state index is 11.2. The second-order valence-electron chi connectivity index (χ2n) is 4.61. The molecule has 80 valence electrons. The Balaban J connectivity index is 2.63. The average Bonchev–Trinajstić information content (AvgIpc) is 2.18. The number of methoxy groups -OCH3 is 1. The highest BCUT2D eigenvalue weighted by Crippen LogP contribution is 2.36. The van der Waals surface area contributed by atoms with Crippen LogP contribution in [-0.4, -0.2) is 13.1 Å². The molecule has 0 aromatic rings. The van der Waals surface area contributed by atoms with Crippen molar-refractivity contribution in [3.8, 4) is 0 Å². The first kappa shape index (κ1) is 11.3. The second kappa shape index (κ2) is 4.63. The summed E-state index contributed by atoms with van der Waals surface area (Å²) in [5.41, 5.74) is 1.40. The Labute approximate surface area is 86.3 Å². The number of carbonyl (C=O) groups is 1. The third-order valence-electron chi connectivity index (χ3n) is 2.97. The van der Waals surface area contributed by atoms with Gasteiger partial charge in [-0.2, -0.15) is 0 Å². The highest BCUT2D eigenvalue weighted by molar-refractivity contribution is 5.70. The van der Waals surface area contributed by atoms with Gasteiger partial charge in [-0.05, 0) is 31.1 Å². The van der Waals surface area contributed by atoms with Crippen molar-refractivity contribution in [3.05, 3.63) is 11.6 Å². The zero-order chi connectivity index (χ0) is 10.6. The predicted molar refractivity (Wildman–Crippen MR) is 57.0 cm³/mol. The lowest BCUT2D eigenvalue weighted by atomic mass is 9.76. The van der Waals surface area contributed by atoms with E-state index in [1.807, 2.05) is 0 Å². The fraction of sp³-hybridized carbons (Fsp3) is 0.750. The van der Waals surface area contributed by atoms with Crippen LogP contribution in [0.4, 0.5) is 0 Å². The summed E-state index contributed by atoms with van der Waals surface area (Å²) < 4.78 is 4.71. The standard InChI is InChI=1S/C12H20O2/c1-12(2,9-11(13)14-3)10-7-5-4-6-8-10/h7H,4-6,8-9H2,1-3H3. The number of esters is 1. The van der Waals surface area contributed by atoms with Crippen molar-refractivity contribution in [1.82, 2.24) is 0 Å². The van der Waals surface area contributed by atoms with Crippen LogP contribution in [0.2, 0.25) is 0 Å². The van der Waals surface area contributed by atoms with Crippen LogP contribution in [0.25, 0.3) is 0 Å². The van der Waals surface area contributed by atoms with Gasteiger partial charge in [0.15, 0.2) is 0 Å². The van der Waals surface area contributed by atoms with Gasteiger partial charge < -0.3 is 4.74 Å². The van der Waals surface area contributed by atoms with Gasteiger partial charge in [0.2, 0.25) is 0 Å². The van der Waals surface area contributed by atoms with E-state index in [1.165, 1.54) is 31.9 Å². The summed E-state index contributed by atoms with van der Waals surface area (Å²) in [7, 11) is 1.45.